The fraction of sp³-hybridized carbons (Fsp3) is 0.231. The molecule has 0 aromatic carbocycles. The number of thiophene rings is 1. The summed E-state index contributed by atoms with van der Waals surface area (Å²) >= 11 is 1.54. The molecule has 0 fully saturated rings. The Balaban J connectivity index is 2.06. The maximum Gasteiger partial charge on any atom is 0.169 e. The first kappa shape index (κ1) is 11.0. The van der Waals surface area contributed by atoms with E-state index in [2.05, 4.69) is 11.9 Å². The van der Waals surface area contributed by atoms with Gasteiger partial charge in [-0.2, -0.15) is 11.3 Å². The number of carbonyl (C=O) groups is 1. The molecule has 0 bridgehead atoms. The van der Waals surface area contributed by atoms with Gasteiger partial charge in [-0.15, -0.1) is 0 Å². The van der Waals surface area contributed by atoms with Crippen LogP contribution in [0.3, 0.4) is 0 Å². The lowest BCUT2D eigenvalue weighted by atomic mass is 10.1. The highest BCUT2D eigenvalue weighted by atomic mass is 32.1. The monoisotopic (exact) mass is 231 g/mol. The van der Waals surface area contributed by atoms with Crippen LogP contribution in [0.2, 0.25) is 0 Å². The van der Waals surface area contributed by atoms with Crippen LogP contribution in [-0.4, -0.2) is 10.8 Å². The summed E-state index contributed by atoms with van der Waals surface area (Å²) in [6.45, 7) is 2.09. The van der Waals surface area contributed by atoms with Gasteiger partial charge in [0.15, 0.2) is 5.78 Å². The number of ketones is 1. The lowest BCUT2D eigenvalue weighted by molar-refractivity contribution is 0.0992. The lowest BCUT2D eigenvalue weighted by Crippen LogP contribution is -2.03. The quantitative estimate of drug-likeness (QED) is 0.757. The highest BCUT2D eigenvalue weighted by molar-refractivity contribution is 7.08. The summed E-state index contributed by atoms with van der Waals surface area (Å²) in [6.07, 6.45) is 3.21. The maximum atomic E-state index is 11.8. The average Bonchev–Trinajstić information content (AvgIpc) is 2.83. The van der Waals surface area contributed by atoms with E-state index in [1.54, 1.807) is 11.3 Å². The fourth-order valence-corrected chi connectivity index (χ4v) is 2.12. The van der Waals surface area contributed by atoms with E-state index in [1.165, 1.54) is 5.56 Å². The number of carbonyl (C=O) groups excluding carboxylic acids is 1. The van der Waals surface area contributed by atoms with Crippen LogP contribution in [0.15, 0.2) is 35.2 Å². The van der Waals surface area contributed by atoms with Gasteiger partial charge in [0.1, 0.15) is 0 Å². The van der Waals surface area contributed by atoms with Gasteiger partial charge in [0.05, 0.1) is 6.42 Å². The lowest BCUT2D eigenvalue weighted by Gasteiger charge is -2.00. The van der Waals surface area contributed by atoms with Crippen LogP contribution in [0, 0.1) is 0 Å². The minimum Gasteiger partial charge on any atom is -0.294 e. The highest BCUT2D eigenvalue weighted by Gasteiger charge is 2.07. The molecule has 2 aromatic heterocycles. The van der Waals surface area contributed by atoms with Crippen molar-refractivity contribution in [3.8, 4) is 0 Å². The molecule has 0 aliphatic carbocycles. The topological polar surface area (TPSA) is 30.0 Å². The van der Waals surface area contributed by atoms with Crippen molar-refractivity contribution in [2.75, 3.05) is 0 Å². The number of hydrogen-bond acceptors (Lipinski definition) is 3. The molecule has 82 valence electrons. The molecule has 0 amide bonds. The van der Waals surface area contributed by atoms with Crippen molar-refractivity contribution in [2.45, 2.75) is 19.8 Å². The van der Waals surface area contributed by atoms with Crippen LogP contribution in [0.25, 0.3) is 0 Å². The van der Waals surface area contributed by atoms with Crippen LogP contribution >= 0.6 is 11.3 Å². The number of aromatic nitrogens is 1. The van der Waals surface area contributed by atoms with Gasteiger partial charge >= 0.3 is 0 Å². The fourth-order valence-electron chi connectivity index (χ4n) is 1.46. The minimum absolute atomic E-state index is 0.137. The SMILES string of the molecule is CCc1ccc(CC(=O)c2ccsc2)nc1. The van der Waals surface area contributed by atoms with E-state index in [0.29, 0.717) is 6.42 Å². The van der Waals surface area contributed by atoms with Gasteiger partial charge in [-0.3, -0.25) is 9.78 Å². The summed E-state index contributed by atoms with van der Waals surface area (Å²) in [5.41, 5.74) is 2.83. The van der Waals surface area contributed by atoms with Gasteiger partial charge < -0.3 is 0 Å². The second-order valence-electron chi connectivity index (χ2n) is 3.62. The summed E-state index contributed by atoms with van der Waals surface area (Å²) < 4.78 is 0. The summed E-state index contributed by atoms with van der Waals surface area (Å²) in [4.78, 5) is 16.1. The zero-order valence-corrected chi connectivity index (χ0v) is 9.96. The summed E-state index contributed by atoms with van der Waals surface area (Å²) in [7, 11) is 0. The van der Waals surface area contributed by atoms with Crippen LogP contribution in [0.1, 0.15) is 28.5 Å². The summed E-state index contributed by atoms with van der Waals surface area (Å²) in [5, 5.41) is 3.80. The molecule has 2 nitrogen and oxygen atoms in total. The van der Waals surface area contributed by atoms with Crippen LogP contribution < -0.4 is 0 Å². The second-order valence-corrected chi connectivity index (χ2v) is 4.40. The molecule has 16 heavy (non-hydrogen) atoms. The number of pyridine rings is 1. The molecule has 0 radical (unpaired) electrons. The molecule has 0 saturated heterocycles. The molecule has 2 heterocycles. The average molecular weight is 231 g/mol. The minimum atomic E-state index is 0.137. The van der Waals surface area contributed by atoms with E-state index < -0.39 is 0 Å². The smallest absolute Gasteiger partial charge is 0.169 e. The van der Waals surface area contributed by atoms with E-state index in [-0.39, 0.29) is 5.78 Å². The first-order chi connectivity index (χ1) is 7.79. The molecule has 0 saturated carbocycles. The highest BCUT2D eigenvalue weighted by Crippen LogP contribution is 2.10. The number of hydrogen-bond donors (Lipinski definition) is 0. The molecular weight excluding hydrogens is 218 g/mol. The molecule has 0 N–H and O–H groups in total. The molecular formula is C13H13NOS. The van der Waals surface area contributed by atoms with Crippen LogP contribution in [0.5, 0.6) is 0 Å². The third-order valence-corrected chi connectivity index (χ3v) is 3.16. The Bertz CT molecular complexity index is 459. The Labute approximate surface area is 99.0 Å². The normalized spacial score (nSPS) is 10.3. The van der Waals surface area contributed by atoms with Crippen LogP contribution in [-0.2, 0) is 12.8 Å². The molecule has 0 aliphatic rings. The van der Waals surface area contributed by atoms with E-state index >= 15 is 0 Å². The second kappa shape index (κ2) is 5.03. The maximum absolute atomic E-state index is 11.8. The third-order valence-electron chi connectivity index (χ3n) is 2.48. The van der Waals surface area contributed by atoms with Crippen LogP contribution in [0.4, 0.5) is 0 Å². The van der Waals surface area contributed by atoms with Gasteiger partial charge in [0, 0.05) is 22.8 Å². The number of nitrogens with zero attached hydrogens (tertiary/aromatic N) is 1. The molecule has 2 rings (SSSR count). The van der Waals surface area contributed by atoms with Gasteiger partial charge in [0.25, 0.3) is 0 Å². The molecule has 3 heteroatoms. The molecule has 0 unspecified atom stereocenters. The van der Waals surface area contributed by atoms with Crippen molar-refractivity contribution in [1.82, 2.24) is 4.98 Å². The zero-order valence-electron chi connectivity index (χ0n) is 9.14. The standard InChI is InChI=1S/C13H13NOS/c1-2-10-3-4-12(14-8-10)7-13(15)11-5-6-16-9-11/h3-6,8-9H,2,7H2,1H3. The largest absolute Gasteiger partial charge is 0.294 e. The first-order valence-electron chi connectivity index (χ1n) is 5.29. The van der Waals surface area contributed by atoms with Gasteiger partial charge in [-0.25, -0.2) is 0 Å². The van der Waals surface area contributed by atoms with Crippen molar-refractivity contribution in [3.05, 3.63) is 52.0 Å². The Hall–Kier alpha value is -1.48. The van der Waals surface area contributed by atoms with Crippen molar-refractivity contribution < 1.29 is 4.79 Å². The Morgan fingerprint density at radius 2 is 2.25 bits per heavy atom. The molecule has 2 aromatic rings. The van der Waals surface area contributed by atoms with Gasteiger partial charge in [-0.05, 0) is 29.5 Å². The van der Waals surface area contributed by atoms with E-state index in [0.717, 1.165) is 17.7 Å². The van der Waals surface area contributed by atoms with E-state index in [9.17, 15) is 4.79 Å². The Morgan fingerprint density at radius 1 is 1.38 bits per heavy atom. The van der Waals surface area contributed by atoms with Gasteiger partial charge in [-0.1, -0.05) is 13.0 Å². The predicted octanol–water partition coefficient (Wildman–Crippen LogP) is 3.13. The Morgan fingerprint density at radius 3 is 2.81 bits per heavy atom. The zero-order chi connectivity index (χ0) is 11.4. The molecule has 0 aliphatic heterocycles. The van der Waals surface area contributed by atoms with Crippen molar-refractivity contribution >= 4 is 17.1 Å². The summed E-state index contributed by atoms with van der Waals surface area (Å²) in [6, 6.07) is 5.82. The Kier molecular flexibility index (Phi) is 3.47. The third kappa shape index (κ3) is 2.55. The summed E-state index contributed by atoms with van der Waals surface area (Å²) in [5.74, 6) is 0.137. The van der Waals surface area contributed by atoms with Crippen molar-refractivity contribution in [3.63, 3.8) is 0 Å². The van der Waals surface area contributed by atoms with Gasteiger partial charge in [0.2, 0.25) is 0 Å². The number of rotatable bonds is 4. The van der Waals surface area contributed by atoms with Crippen molar-refractivity contribution in [1.29, 1.82) is 0 Å². The number of aryl methyl sites for hydroxylation is 1. The molecule has 0 spiro atoms. The van der Waals surface area contributed by atoms with E-state index in [1.807, 2.05) is 35.2 Å². The van der Waals surface area contributed by atoms with Crippen molar-refractivity contribution in [2.24, 2.45) is 0 Å². The first-order valence-corrected chi connectivity index (χ1v) is 6.23. The number of Topliss-reactive ketones (excluding diaryl/α,β-unsaturated/α-hetero) is 1. The predicted molar refractivity (Wildman–Crippen MR) is 66.0 cm³/mol. The van der Waals surface area contributed by atoms with E-state index in [4.69, 9.17) is 0 Å². The molecule has 0 atom stereocenters.